The molecule has 5 nitrogen and oxygen atoms in total. The number of benzene rings is 2. The molecule has 1 aliphatic rings. The van der Waals surface area contributed by atoms with Crippen molar-refractivity contribution in [2.24, 2.45) is 5.92 Å². The Kier molecular flexibility index (Phi) is 5.71. The van der Waals surface area contributed by atoms with E-state index in [0.717, 1.165) is 21.8 Å². The molecule has 29 heavy (non-hydrogen) atoms. The summed E-state index contributed by atoms with van der Waals surface area (Å²) in [5.74, 6) is -0.758. The summed E-state index contributed by atoms with van der Waals surface area (Å²) < 4.78 is 5.45. The van der Waals surface area contributed by atoms with Crippen molar-refractivity contribution < 1.29 is 14.3 Å². The molecule has 1 aromatic heterocycles. The molecule has 3 aromatic rings. The molecule has 1 saturated heterocycles. The molecule has 2 heterocycles. The Morgan fingerprint density at radius 3 is 2.69 bits per heavy atom. The molecule has 2 aromatic carbocycles. The highest BCUT2D eigenvalue weighted by Gasteiger charge is 2.35. The van der Waals surface area contributed by atoms with Crippen LogP contribution in [0.15, 0.2) is 60.0 Å². The van der Waals surface area contributed by atoms with Crippen LogP contribution in [0.1, 0.15) is 23.2 Å². The Hall–Kier alpha value is -2.99. The number of amides is 1. The topological polar surface area (TPSA) is 59.5 Å². The van der Waals surface area contributed by atoms with Gasteiger partial charge in [0, 0.05) is 30.5 Å². The molecule has 0 spiro atoms. The fraction of sp³-hybridized carbons (Fsp3) is 0.261. The number of esters is 1. The maximum absolute atomic E-state index is 12.5. The zero-order valence-corrected chi connectivity index (χ0v) is 17.0. The summed E-state index contributed by atoms with van der Waals surface area (Å²) in [6, 6.07) is 18.0. The fourth-order valence-electron chi connectivity index (χ4n) is 3.35. The lowest BCUT2D eigenvalue weighted by molar-refractivity contribution is -0.149. The first-order valence-corrected chi connectivity index (χ1v) is 10.5. The van der Waals surface area contributed by atoms with Gasteiger partial charge in [0.1, 0.15) is 11.6 Å². The monoisotopic (exact) mass is 406 g/mol. The summed E-state index contributed by atoms with van der Waals surface area (Å²) in [6.07, 6.45) is 0.205. The van der Waals surface area contributed by atoms with E-state index in [1.54, 1.807) is 4.90 Å². The first kappa shape index (κ1) is 19.3. The van der Waals surface area contributed by atoms with E-state index < -0.39 is 5.92 Å². The van der Waals surface area contributed by atoms with Crippen LogP contribution in [-0.4, -0.2) is 28.3 Å². The van der Waals surface area contributed by atoms with Gasteiger partial charge in [-0.3, -0.25) is 9.59 Å². The minimum atomic E-state index is -0.417. The number of carbonyl (C=O) groups excluding carboxylic acids is 2. The molecule has 1 aliphatic heterocycles. The lowest BCUT2D eigenvalue weighted by Gasteiger charge is -2.16. The van der Waals surface area contributed by atoms with E-state index in [2.05, 4.69) is 4.98 Å². The van der Waals surface area contributed by atoms with E-state index in [1.807, 2.05) is 66.9 Å². The molecule has 0 N–H and O–H groups in total. The number of nitrogens with zero attached hydrogens (tertiary/aromatic N) is 2. The van der Waals surface area contributed by atoms with Crippen LogP contribution in [0.25, 0.3) is 10.6 Å². The average Bonchev–Trinajstić information content (AvgIpc) is 3.36. The van der Waals surface area contributed by atoms with Crippen LogP contribution in [-0.2, 0) is 27.5 Å². The highest BCUT2D eigenvalue weighted by atomic mass is 32.1. The number of thiazole rings is 1. The molecular weight excluding hydrogens is 384 g/mol. The number of carbonyl (C=O) groups is 2. The first-order chi connectivity index (χ1) is 14.1. The Bertz CT molecular complexity index is 998. The van der Waals surface area contributed by atoms with Gasteiger partial charge in [-0.1, -0.05) is 60.2 Å². The van der Waals surface area contributed by atoms with Gasteiger partial charge in [-0.05, 0) is 12.5 Å². The fourth-order valence-corrected chi connectivity index (χ4v) is 4.16. The van der Waals surface area contributed by atoms with Crippen molar-refractivity contribution in [2.75, 3.05) is 6.54 Å². The van der Waals surface area contributed by atoms with Crippen molar-refractivity contribution in [2.45, 2.75) is 26.5 Å². The van der Waals surface area contributed by atoms with Gasteiger partial charge < -0.3 is 9.64 Å². The van der Waals surface area contributed by atoms with E-state index in [4.69, 9.17) is 4.74 Å². The lowest BCUT2D eigenvalue weighted by Crippen LogP contribution is -2.26. The Morgan fingerprint density at radius 1 is 1.17 bits per heavy atom. The quantitative estimate of drug-likeness (QED) is 0.576. The van der Waals surface area contributed by atoms with Gasteiger partial charge in [0.25, 0.3) is 0 Å². The normalized spacial score (nSPS) is 16.2. The van der Waals surface area contributed by atoms with E-state index in [0.29, 0.717) is 13.1 Å². The van der Waals surface area contributed by atoms with Crippen LogP contribution in [0.5, 0.6) is 0 Å². The summed E-state index contributed by atoms with van der Waals surface area (Å²) in [5, 5.41) is 2.80. The second kappa shape index (κ2) is 8.57. The number of hydrogen-bond donors (Lipinski definition) is 0. The lowest BCUT2D eigenvalue weighted by atomic mass is 10.1. The smallest absolute Gasteiger partial charge is 0.311 e. The van der Waals surface area contributed by atoms with Crippen molar-refractivity contribution >= 4 is 23.2 Å². The van der Waals surface area contributed by atoms with Gasteiger partial charge in [-0.15, -0.1) is 11.3 Å². The van der Waals surface area contributed by atoms with Crippen LogP contribution in [0, 0.1) is 12.8 Å². The van der Waals surface area contributed by atoms with Gasteiger partial charge >= 0.3 is 5.97 Å². The summed E-state index contributed by atoms with van der Waals surface area (Å²) in [7, 11) is 0. The SMILES string of the molecule is Cc1ccc(CN2C[C@H](C(=O)OCc3csc(-c4ccccc4)n3)CC2=O)cc1. The summed E-state index contributed by atoms with van der Waals surface area (Å²) in [4.78, 5) is 31.0. The molecule has 148 valence electrons. The minimum Gasteiger partial charge on any atom is -0.459 e. The molecular formula is C23H22N2O3S. The third-order valence-corrected chi connectivity index (χ3v) is 5.92. The van der Waals surface area contributed by atoms with Crippen LogP contribution < -0.4 is 0 Å². The van der Waals surface area contributed by atoms with Crippen molar-refractivity contribution in [3.8, 4) is 10.6 Å². The number of aromatic nitrogens is 1. The summed E-state index contributed by atoms with van der Waals surface area (Å²) in [6.45, 7) is 3.08. The van der Waals surface area contributed by atoms with Crippen LogP contribution in [0.2, 0.25) is 0 Å². The van der Waals surface area contributed by atoms with E-state index in [9.17, 15) is 9.59 Å². The Balaban J connectivity index is 1.31. The molecule has 0 aliphatic carbocycles. The Labute approximate surface area is 174 Å². The highest BCUT2D eigenvalue weighted by molar-refractivity contribution is 7.13. The summed E-state index contributed by atoms with van der Waals surface area (Å²) in [5.41, 5.74) is 4.01. The van der Waals surface area contributed by atoms with Gasteiger partial charge in [-0.2, -0.15) is 0 Å². The molecule has 4 rings (SSSR count). The van der Waals surface area contributed by atoms with Crippen LogP contribution in [0.4, 0.5) is 0 Å². The maximum atomic E-state index is 12.5. The van der Waals surface area contributed by atoms with E-state index in [1.165, 1.54) is 16.9 Å². The molecule has 1 atom stereocenters. The van der Waals surface area contributed by atoms with Gasteiger partial charge in [0.15, 0.2) is 0 Å². The summed E-state index contributed by atoms with van der Waals surface area (Å²) >= 11 is 1.52. The third-order valence-electron chi connectivity index (χ3n) is 4.98. The molecule has 1 amide bonds. The predicted molar refractivity (Wildman–Crippen MR) is 112 cm³/mol. The highest BCUT2D eigenvalue weighted by Crippen LogP contribution is 2.25. The molecule has 1 fully saturated rings. The predicted octanol–water partition coefficient (Wildman–Crippen LogP) is 4.21. The molecule has 0 saturated carbocycles. The van der Waals surface area contributed by atoms with Crippen molar-refractivity contribution in [3.63, 3.8) is 0 Å². The first-order valence-electron chi connectivity index (χ1n) is 9.58. The maximum Gasteiger partial charge on any atom is 0.311 e. The van der Waals surface area contributed by atoms with Crippen molar-refractivity contribution in [3.05, 3.63) is 76.8 Å². The molecule has 0 unspecified atom stereocenters. The third kappa shape index (κ3) is 4.71. The number of aryl methyl sites for hydroxylation is 1. The zero-order valence-electron chi connectivity index (χ0n) is 16.2. The second-order valence-electron chi connectivity index (χ2n) is 7.28. The van der Waals surface area contributed by atoms with E-state index in [-0.39, 0.29) is 24.9 Å². The van der Waals surface area contributed by atoms with Gasteiger partial charge in [-0.25, -0.2) is 4.98 Å². The molecule has 0 radical (unpaired) electrons. The standard InChI is InChI=1S/C23H22N2O3S/c1-16-7-9-17(10-8-16)12-25-13-19(11-21(25)26)23(27)28-14-20-15-29-22(24-20)18-5-3-2-4-6-18/h2-10,15,19H,11-14H2,1H3/t19-/m1/s1. The number of rotatable bonds is 6. The number of ether oxygens (including phenoxy) is 1. The zero-order chi connectivity index (χ0) is 20.2. The number of hydrogen-bond acceptors (Lipinski definition) is 5. The van der Waals surface area contributed by atoms with Crippen LogP contribution >= 0.6 is 11.3 Å². The second-order valence-corrected chi connectivity index (χ2v) is 8.14. The van der Waals surface area contributed by atoms with Crippen molar-refractivity contribution in [1.29, 1.82) is 0 Å². The van der Waals surface area contributed by atoms with E-state index >= 15 is 0 Å². The van der Waals surface area contributed by atoms with Crippen LogP contribution in [0.3, 0.4) is 0 Å². The number of likely N-dealkylation sites (tertiary alicyclic amines) is 1. The molecule has 6 heteroatoms. The van der Waals surface area contributed by atoms with Gasteiger partial charge in [0.05, 0.1) is 11.6 Å². The molecule has 0 bridgehead atoms. The Morgan fingerprint density at radius 2 is 1.93 bits per heavy atom. The van der Waals surface area contributed by atoms with Crippen molar-refractivity contribution in [1.82, 2.24) is 9.88 Å². The largest absolute Gasteiger partial charge is 0.459 e. The average molecular weight is 407 g/mol. The van der Waals surface area contributed by atoms with Gasteiger partial charge in [0.2, 0.25) is 5.91 Å². The minimum absolute atomic E-state index is 0.00690.